The molecule has 1 unspecified atom stereocenters. The van der Waals surface area contributed by atoms with Gasteiger partial charge in [0.15, 0.2) is 0 Å². The number of rotatable bonds is 2. The molecule has 2 aromatic carbocycles. The van der Waals surface area contributed by atoms with Gasteiger partial charge in [-0.2, -0.15) is 0 Å². The zero-order valence-electron chi connectivity index (χ0n) is 19.6. The Morgan fingerprint density at radius 1 is 1.19 bits per heavy atom. The van der Waals surface area contributed by atoms with Crippen molar-refractivity contribution in [2.45, 2.75) is 51.6 Å². The van der Waals surface area contributed by atoms with Crippen LogP contribution in [0.3, 0.4) is 0 Å². The number of amidine groups is 1. The molecule has 0 aliphatic carbocycles. The van der Waals surface area contributed by atoms with Crippen LogP contribution in [0.5, 0.6) is 5.75 Å². The number of urea groups is 1. The molecule has 2 heterocycles. The van der Waals surface area contributed by atoms with Crippen LogP contribution in [0.4, 0.5) is 21.9 Å². The van der Waals surface area contributed by atoms with Crippen LogP contribution in [0.1, 0.15) is 39.2 Å². The molecule has 7 heteroatoms. The van der Waals surface area contributed by atoms with Crippen molar-refractivity contribution in [3.05, 3.63) is 48.0 Å². The summed E-state index contributed by atoms with van der Waals surface area (Å²) in [4.78, 5) is 20.1. The number of likely N-dealkylation sites (tertiary alicyclic amines) is 1. The first-order valence-electron chi connectivity index (χ1n) is 11.1. The third-order valence-corrected chi connectivity index (χ3v) is 5.91. The van der Waals surface area contributed by atoms with Crippen LogP contribution in [0, 0.1) is 6.92 Å². The van der Waals surface area contributed by atoms with Gasteiger partial charge in [-0.05, 0) is 76.4 Å². The lowest BCUT2D eigenvalue weighted by Gasteiger charge is -2.47. The molecular weight excluding hydrogens is 402 g/mol. The Kier molecular flexibility index (Phi) is 5.75. The molecule has 1 spiro atoms. The number of para-hydroxylation sites is 2. The number of carbonyl (C=O) groups excluding carboxylic acids is 1. The number of nitrogens with zero attached hydrogens (tertiary/aromatic N) is 2. The molecule has 1 fully saturated rings. The van der Waals surface area contributed by atoms with Crippen LogP contribution in [0.25, 0.3) is 0 Å². The molecule has 2 aliphatic rings. The SMILES string of the molecule is COc1ccc(NC(=O)N2CCCC3(C2)Nc2ccccc2NC3=NC(C)(C)C)c(C)c1. The standard InChI is InChI=1S/C25H33N5O2/c1-17-15-18(32-5)11-12-19(17)27-23(31)30-14-8-13-25(16-30)22(29-24(2,3)4)26-20-9-6-7-10-21(20)28-25/h6-7,9-12,15,28H,8,13-14,16H2,1-5H3,(H,26,29)(H,27,31). The summed E-state index contributed by atoms with van der Waals surface area (Å²) < 4.78 is 5.28. The highest BCUT2D eigenvalue weighted by molar-refractivity contribution is 6.10. The summed E-state index contributed by atoms with van der Waals surface area (Å²) in [5.41, 5.74) is 3.11. The average molecular weight is 436 g/mol. The fourth-order valence-corrected chi connectivity index (χ4v) is 4.36. The zero-order valence-corrected chi connectivity index (χ0v) is 19.6. The van der Waals surface area contributed by atoms with Gasteiger partial charge in [0.05, 0.1) is 30.6 Å². The van der Waals surface area contributed by atoms with Crippen molar-refractivity contribution in [3.8, 4) is 5.75 Å². The number of amides is 2. The van der Waals surface area contributed by atoms with Gasteiger partial charge >= 0.3 is 6.03 Å². The Morgan fingerprint density at radius 2 is 1.94 bits per heavy atom. The molecule has 0 radical (unpaired) electrons. The van der Waals surface area contributed by atoms with Crippen molar-refractivity contribution in [1.82, 2.24) is 4.90 Å². The molecular formula is C25H33N5O2. The van der Waals surface area contributed by atoms with Gasteiger partial charge in [0.2, 0.25) is 0 Å². The molecule has 7 nitrogen and oxygen atoms in total. The Labute approximate surface area is 190 Å². The van der Waals surface area contributed by atoms with E-state index in [0.717, 1.165) is 47.1 Å². The van der Waals surface area contributed by atoms with Gasteiger partial charge in [-0.25, -0.2) is 4.79 Å². The van der Waals surface area contributed by atoms with E-state index in [1.165, 1.54) is 0 Å². The zero-order chi connectivity index (χ0) is 22.9. The summed E-state index contributed by atoms with van der Waals surface area (Å²) in [6, 6.07) is 13.7. The number of piperidine rings is 1. The summed E-state index contributed by atoms with van der Waals surface area (Å²) in [7, 11) is 1.64. The van der Waals surface area contributed by atoms with E-state index in [0.29, 0.717) is 13.1 Å². The van der Waals surface area contributed by atoms with Crippen molar-refractivity contribution < 1.29 is 9.53 Å². The van der Waals surface area contributed by atoms with Crippen LogP contribution in [0.15, 0.2) is 47.5 Å². The predicted molar refractivity (Wildman–Crippen MR) is 131 cm³/mol. The van der Waals surface area contributed by atoms with Gasteiger partial charge in [-0.15, -0.1) is 0 Å². The minimum Gasteiger partial charge on any atom is -0.497 e. The highest BCUT2D eigenvalue weighted by Crippen LogP contribution is 2.37. The van der Waals surface area contributed by atoms with E-state index < -0.39 is 5.54 Å². The second-order valence-corrected chi connectivity index (χ2v) is 9.65. The second kappa shape index (κ2) is 8.37. The number of carbonyl (C=O) groups is 1. The highest BCUT2D eigenvalue weighted by Gasteiger charge is 2.45. The molecule has 2 amide bonds. The van der Waals surface area contributed by atoms with E-state index in [4.69, 9.17) is 9.73 Å². The first-order chi connectivity index (χ1) is 15.2. The Hall–Kier alpha value is -3.22. The molecule has 3 N–H and O–H groups in total. The highest BCUT2D eigenvalue weighted by atomic mass is 16.5. The number of nitrogens with one attached hydrogen (secondary N) is 3. The minimum absolute atomic E-state index is 0.104. The van der Waals surface area contributed by atoms with Crippen molar-refractivity contribution in [2.24, 2.45) is 4.99 Å². The summed E-state index contributed by atoms with van der Waals surface area (Å²) in [6.07, 6.45) is 1.78. The van der Waals surface area contributed by atoms with Gasteiger partial charge in [0.1, 0.15) is 17.1 Å². The number of benzene rings is 2. The molecule has 32 heavy (non-hydrogen) atoms. The van der Waals surface area contributed by atoms with Crippen LogP contribution < -0.4 is 20.7 Å². The Balaban J connectivity index is 1.60. The quantitative estimate of drug-likeness (QED) is 0.613. The average Bonchev–Trinajstić information content (AvgIpc) is 2.75. The van der Waals surface area contributed by atoms with Gasteiger partial charge in [-0.1, -0.05) is 12.1 Å². The largest absolute Gasteiger partial charge is 0.497 e. The number of aliphatic imine (C=N–C) groups is 1. The van der Waals surface area contributed by atoms with E-state index in [-0.39, 0.29) is 11.6 Å². The number of fused-ring (bicyclic) bond motifs is 1. The van der Waals surface area contributed by atoms with Gasteiger partial charge < -0.3 is 25.6 Å². The van der Waals surface area contributed by atoms with Crippen molar-refractivity contribution in [3.63, 3.8) is 0 Å². The molecule has 4 rings (SSSR count). The molecule has 170 valence electrons. The number of methoxy groups -OCH3 is 1. The van der Waals surface area contributed by atoms with Gasteiger partial charge in [-0.3, -0.25) is 4.99 Å². The van der Waals surface area contributed by atoms with E-state index in [1.54, 1.807) is 7.11 Å². The first kappa shape index (κ1) is 22.0. The predicted octanol–water partition coefficient (Wildman–Crippen LogP) is 5.10. The number of ether oxygens (including phenoxy) is 1. The van der Waals surface area contributed by atoms with Crippen LogP contribution >= 0.6 is 0 Å². The summed E-state index contributed by atoms with van der Waals surface area (Å²) in [5.74, 6) is 1.67. The molecule has 0 bridgehead atoms. The normalized spacial score (nSPS) is 21.5. The molecule has 0 aromatic heterocycles. The van der Waals surface area contributed by atoms with Crippen LogP contribution in [-0.2, 0) is 0 Å². The van der Waals surface area contributed by atoms with E-state index in [2.05, 4.69) is 42.8 Å². The van der Waals surface area contributed by atoms with E-state index in [1.807, 2.05) is 48.2 Å². The number of hydrogen-bond acceptors (Lipinski definition) is 4. The lowest BCUT2D eigenvalue weighted by molar-refractivity contribution is 0.186. The Bertz CT molecular complexity index is 1040. The number of aryl methyl sites for hydroxylation is 1. The van der Waals surface area contributed by atoms with Gasteiger partial charge in [0.25, 0.3) is 0 Å². The maximum absolute atomic E-state index is 13.2. The fraction of sp³-hybridized carbons (Fsp3) is 0.440. The van der Waals surface area contributed by atoms with Crippen molar-refractivity contribution in [2.75, 3.05) is 36.1 Å². The van der Waals surface area contributed by atoms with Crippen molar-refractivity contribution in [1.29, 1.82) is 0 Å². The maximum Gasteiger partial charge on any atom is 0.321 e. The summed E-state index contributed by atoms with van der Waals surface area (Å²) >= 11 is 0. The minimum atomic E-state index is -0.452. The van der Waals surface area contributed by atoms with Crippen molar-refractivity contribution >= 4 is 28.9 Å². The molecule has 2 aliphatic heterocycles. The lowest BCUT2D eigenvalue weighted by Crippen LogP contribution is -2.63. The second-order valence-electron chi connectivity index (χ2n) is 9.65. The third-order valence-electron chi connectivity index (χ3n) is 5.91. The Morgan fingerprint density at radius 3 is 2.62 bits per heavy atom. The number of anilines is 3. The molecule has 0 saturated carbocycles. The van der Waals surface area contributed by atoms with Gasteiger partial charge in [0, 0.05) is 12.2 Å². The van der Waals surface area contributed by atoms with E-state index >= 15 is 0 Å². The maximum atomic E-state index is 13.2. The first-order valence-corrected chi connectivity index (χ1v) is 11.1. The van der Waals surface area contributed by atoms with Crippen LogP contribution in [-0.4, -0.2) is 48.0 Å². The fourth-order valence-electron chi connectivity index (χ4n) is 4.36. The molecule has 1 atom stereocenters. The van der Waals surface area contributed by atoms with E-state index in [9.17, 15) is 4.79 Å². The monoisotopic (exact) mass is 435 g/mol. The molecule has 1 saturated heterocycles. The number of hydrogen-bond donors (Lipinski definition) is 3. The molecule has 2 aromatic rings. The summed E-state index contributed by atoms with van der Waals surface area (Å²) in [6.45, 7) is 9.48. The van der Waals surface area contributed by atoms with Crippen LogP contribution in [0.2, 0.25) is 0 Å². The topological polar surface area (TPSA) is 78.0 Å². The third kappa shape index (κ3) is 4.52. The lowest BCUT2D eigenvalue weighted by atomic mass is 9.85. The smallest absolute Gasteiger partial charge is 0.321 e. The summed E-state index contributed by atoms with van der Waals surface area (Å²) in [5, 5.41) is 10.4.